The summed E-state index contributed by atoms with van der Waals surface area (Å²) < 4.78 is 0.944. The smallest absolute Gasteiger partial charge is 0.221 e. The number of benzene rings is 1. The summed E-state index contributed by atoms with van der Waals surface area (Å²) in [6.45, 7) is 2.64. The summed E-state index contributed by atoms with van der Waals surface area (Å²) in [5.74, 6) is 0.0418. The molecule has 1 rings (SSSR count). The molecular weight excluding hydrogens is 282 g/mol. The number of hydrogen-bond acceptors (Lipinski definition) is 3. The Morgan fingerprint density at radius 3 is 2.76 bits per heavy atom. The van der Waals surface area contributed by atoms with Crippen molar-refractivity contribution < 1.29 is 4.79 Å². The summed E-state index contributed by atoms with van der Waals surface area (Å²) in [5, 5.41) is 2.61. The lowest BCUT2D eigenvalue weighted by atomic mass is 10.1. The van der Waals surface area contributed by atoms with Crippen LogP contribution >= 0.6 is 15.9 Å². The summed E-state index contributed by atoms with van der Waals surface area (Å²) in [4.78, 5) is 13.2. The molecule has 1 amide bonds. The minimum atomic E-state index is 0.0418. The van der Waals surface area contributed by atoms with E-state index < -0.39 is 0 Å². The number of carbonyl (C=O) groups excluding carboxylic acids is 1. The zero-order valence-electron chi connectivity index (χ0n) is 10.4. The fourth-order valence-electron chi connectivity index (χ4n) is 1.49. The van der Waals surface area contributed by atoms with Gasteiger partial charge in [-0.05, 0) is 40.5 Å². The van der Waals surface area contributed by atoms with Crippen molar-refractivity contribution in [1.82, 2.24) is 5.32 Å². The molecule has 17 heavy (non-hydrogen) atoms. The first kappa shape index (κ1) is 13.8. The number of anilines is 2. The second-order valence-corrected chi connectivity index (χ2v) is 4.86. The topological polar surface area (TPSA) is 58.4 Å². The van der Waals surface area contributed by atoms with Crippen molar-refractivity contribution in [3.05, 3.63) is 22.2 Å². The fourth-order valence-corrected chi connectivity index (χ4v) is 2.15. The van der Waals surface area contributed by atoms with E-state index in [1.165, 1.54) is 0 Å². The molecule has 0 bridgehead atoms. The second-order valence-electron chi connectivity index (χ2n) is 4.00. The van der Waals surface area contributed by atoms with Gasteiger partial charge in [0, 0.05) is 37.2 Å². The predicted octanol–water partition coefficient (Wildman–Crippen LogP) is 1.91. The molecule has 0 fully saturated rings. The van der Waals surface area contributed by atoms with Crippen LogP contribution in [0.5, 0.6) is 0 Å². The van der Waals surface area contributed by atoms with Gasteiger partial charge in [0.05, 0.1) is 5.69 Å². The van der Waals surface area contributed by atoms with Crippen molar-refractivity contribution >= 4 is 33.2 Å². The van der Waals surface area contributed by atoms with Crippen LogP contribution in [-0.2, 0) is 4.79 Å². The molecule has 0 spiro atoms. The van der Waals surface area contributed by atoms with Crippen LogP contribution in [0.1, 0.15) is 12.0 Å². The number of nitrogens with zero attached hydrogens (tertiary/aromatic N) is 1. The van der Waals surface area contributed by atoms with Crippen LogP contribution in [0, 0.1) is 6.92 Å². The molecule has 0 aliphatic carbocycles. The number of amides is 1. The van der Waals surface area contributed by atoms with Gasteiger partial charge >= 0.3 is 0 Å². The first-order chi connectivity index (χ1) is 7.95. The van der Waals surface area contributed by atoms with E-state index in [0.29, 0.717) is 13.0 Å². The van der Waals surface area contributed by atoms with Crippen LogP contribution < -0.4 is 16.0 Å². The Labute approximate surface area is 110 Å². The highest BCUT2D eigenvalue weighted by Gasteiger charge is 2.09. The van der Waals surface area contributed by atoms with Gasteiger partial charge in [0.25, 0.3) is 0 Å². The van der Waals surface area contributed by atoms with Crippen LogP contribution in [0.25, 0.3) is 0 Å². The maximum Gasteiger partial charge on any atom is 0.221 e. The molecule has 3 N–H and O–H groups in total. The molecule has 0 heterocycles. The lowest BCUT2D eigenvalue weighted by Crippen LogP contribution is -2.26. The number of halogens is 1. The molecule has 0 aromatic heterocycles. The van der Waals surface area contributed by atoms with Gasteiger partial charge in [-0.2, -0.15) is 0 Å². The Morgan fingerprint density at radius 1 is 1.53 bits per heavy atom. The average Bonchev–Trinajstić information content (AvgIpc) is 2.30. The lowest BCUT2D eigenvalue weighted by Gasteiger charge is -2.21. The first-order valence-corrected chi connectivity index (χ1v) is 6.22. The highest BCUT2D eigenvalue weighted by molar-refractivity contribution is 9.10. The highest BCUT2D eigenvalue weighted by atomic mass is 79.9. The molecule has 0 saturated heterocycles. The van der Waals surface area contributed by atoms with E-state index in [1.54, 1.807) is 7.05 Å². The van der Waals surface area contributed by atoms with Gasteiger partial charge in [-0.25, -0.2) is 0 Å². The number of nitrogen functional groups attached to an aromatic ring is 1. The molecule has 0 radical (unpaired) electrons. The molecule has 0 aliphatic heterocycles. The minimum Gasteiger partial charge on any atom is -0.398 e. The maximum atomic E-state index is 11.2. The monoisotopic (exact) mass is 299 g/mol. The zero-order valence-corrected chi connectivity index (χ0v) is 12.0. The number of nitrogens with two attached hydrogens (primary N) is 1. The highest BCUT2D eigenvalue weighted by Crippen LogP contribution is 2.30. The normalized spacial score (nSPS) is 10.1. The molecule has 4 nitrogen and oxygen atoms in total. The van der Waals surface area contributed by atoms with E-state index in [0.717, 1.165) is 21.4 Å². The van der Waals surface area contributed by atoms with Crippen LogP contribution in [0.3, 0.4) is 0 Å². The fraction of sp³-hybridized carbons (Fsp3) is 0.417. The van der Waals surface area contributed by atoms with Crippen LogP contribution in [-0.4, -0.2) is 26.5 Å². The Bertz CT molecular complexity index is 420. The number of carbonyl (C=O) groups is 1. The van der Waals surface area contributed by atoms with Gasteiger partial charge in [-0.15, -0.1) is 0 Å². The van der Waals surface area contributed by atoms with Gasteiger partial charge in [0.2, 0.25) is 5.91 Å². The van der Waals surface area contributed by atoms with E-state index >= 15 is 0 Å². The van der Waals surface area contributed by atoms with E-state index in [-0.39, 0.29) is 5.91 Å². The molecule has 1 aromatic rings. The summed E-state index contributed by atoms with van der Waals surface area (Å²) >= 11 is 3.48. The van der Waals surface area contributed by atoms with Gasteiger partial charge < -0.3 is 16.0 Å². The molecule has 0 atom stereocenters. The molecule has 0 unspecified atom stereocenters. The van der Waals surface area contributed by atoms with Gasteiger partial charge in [0.15, 0.2) is 0 Å². The van der Waals surface area contributed by atoms with E-state index in [9.17, 15) is 4.79 Å². The number of aryl methyl sites for hydroxylation is 1. The summed E-state index contributed by atoms with van der Waals surface area (Å²) in [6.07, 6.45) is 0.475. The summed E-state index contributed by atoms with van der Waals surface area (Å²) in [5.41, 5.74) is 8.66. The third-order valence-electron chi connectivity index (χ3n) is 2.70. The third-order valence-corrected chi connectivity index (χ3v) is 3.34. The van der Waals surface area contributed by atoms with Crippen LogP contribution in [0.4, 0.5) is 11.4 Å². The SMILES string of the molecule is CNC(=O)CCN(C)c1cc(C)c(N)cc1Br. The molecule has 1 aromatic carbocycles. The van der Waals surface area contributed by atoms with Gasteiger partial charge in [-0.1, -0.05) is 0 Å². The zero-order chi connectivity index (χ0) is 13.0. The maximum absolute atomic E-state index is 11.2. The molecular formula is C12H18BrN3O. The minimum absolute atomic E-state index is 0.0418. The van der Waals surface area contributed by atoms with Crippen molar-refractivity contribution in [1.29, 1.82) is 0 Å². The number of rotatable bonds is 4. The van der Waals surface area contributed by atoms with E-state index in [2.05, 4.69) is 21.2 Å². The van der Waals surface area contributed by atoms with Crippen molar-refractivity contribution in [2.75, 3.05) is 31.3 Å². The van der Waals surface area contributed by atoms with Crippen LogP contribution in [0.15, 0.2) is 16.6 Å². The quantitative estimate of drug-likeness (QED) is 0.835. The average molecular weight is 300 g/mol. The van der Waals surface area contributed by atoms with Gasteiger partial charge in [-0.3, -0.25) is 4.79 Å². The first-order valence-electron chi connectivity index (χ1n) is 5.43. The van der Waals surface area contributed by atoms with Crippen LogP contribution in [0.2, 0.25) is 0 Å². The summed E-state index contributed by atoms with van der Waals surface area (Å²) in [7, 11) is 3.60. The second kappa shape index (κ2) is 5.91. The van der Waals surface area contributed by atoms with Crippen molar-refractivity contribution in [3.63, 3.8) is 0 Å². The molecule has 5 heteroatoms. The number of nitrogens with one attached hydrogen (secondary N) is 1. The Morgan fingerprint density at radius 2 is 2.18 bits per heavy atom. The standard InChI is InChI=1S/C12H18BrN3O/c1-8-6-11(9(13)7-10(8)14)16(3)5-4-12(17)15-2/h6-7H,4-5,14H2,1-3H3,(H,15,17). The van der Waals surface area contributed by atoms with Crippen molar-refractivity contribution in [3.8, 4) is 0 Å². The van der Waals surface area contributed by atoms with E-state index in [1.807, 2.05) is 31.0 Å². The largest absolute Gasteiger partial charge is 0.398 e. The Balaban J connectivity index is 2.78. The summed E-state index contributed by atoms with van der Waals surface area (Å²) in [6, 6.07) is 3.91. The number of hydrogen-bond donors (Lipinski definition) is 2. The van der Waals surface area contributed by atoms with E-state index in [4.69, 9.17) is 5.73 Å². The van der Waals surface area contributed by atoms with Crippen molar-refractivity contribution in [2.24, 2.45) is 0 Å². The molecule has 0 saturated carbocycles. The Kier molecular flexibility index (Phi) is 4.81. The predicted molar refractivity (Wildman–Crippen MR) is 75.2 cm³/mol. The van der Waals surface area contributed by atoms with Crippen molar-refractivity contribution in [2.45, 2.75) is 13.3 Å². The third kappa shape index (κ3) is 3.63. The molecule has 0 aliphatic rings. The molecule has 94 valence electrons. The lowest BCUT2D eigenvalue weighted by molar-refractivity contribution is -0.120. The Hall–Kier alpha value is -1.23. The van der Waals surface area contributed by atoms with Gasteiger partial charge in [0.1, 0.15) is 0 Å².